The van der Waals surface area contributed by atoms with E-state index in [0.29, 0.717) is 27.5 Å². The van der Waals surface area contributed by atoms with Gasteiger partial charge >= 0.3 is 0 Å². The molecule has 0 bridgehead atoms. The Morgan fingerprint density at radius 2 is 1.91 bits per heavy atom. The van der Waals surface area contributed by atoms with E-state index in [0.717, 1.165) is 5.56 Å². The molecule has 2 fully saturated rings. The fraction of sp³-hybridized carbons (Fsp3) is 0.333. The minimum Gasteiger partial charge on any atom is -0.370 e. The van der Waals surface area contributed by atoms with Crippen LogP contribution in [0.4, 0.5) is 11.4 Å². The summed E-state index contributed by atoms with van der Waals surface area (Å²) in [4.78, 5) is 53.7. The summed E-state index contributed by atoms with van der Waals surface area (Å²) in [5.41, 5.74) is 7.11. The summed E-state index contributed by atoms with van der Waals surface area (Å²) < 4.78 is 0. The summed E-state index contributed by atoms with van der Waals surface area (Å²) >= 11 is 6.28. The molecule has 4 atom stereocenters. The molecule has 0 radical (unpaired) electrons. The zero-order valence-electron chi connectivity index (χ0n) is 18.1. The van der Waals surface area contributed by atoms with Gasteiger partial charge in [-0.25, -0.2) is 4.90 Å². The molecule has 9 heteroatoms. The molecular weight excluding hydrogens is 444 g/mol. The van der Waals surface area contributed by atoms with Crippen LogP contribution < -0.4 is 21.3 Å². The van der Waals surface area contributed by atoms with E-state index >= 15 is 0 Å². The van der Waals surface area contributed by atoms with Crippen LogP contribution in [0.3, 0.4) is 0 Å². The number of nitrogens with one attached hydrogen (secondary N) is 2. The van der Waals surface area contributed by atoms with Crippen molar-refractivity contribution in [3.05, 3.63) is 58.1 Å². The third kappa shape index (κ3) is 2.94. The first-order chi connectivity index (χ1) is 15.7. The highest BCUT2D eigenvalue weighted by atomic mass is 35.5. The Bertz CT molecular complexity index is 1240. The SMILES string of the molecule is Cc1cccc(N2C(=O)[C@@H]3C(CCC(N)=O)NC4(C(=O)Nc5c4ccc(Cl)c5C)[C@@H]3C2=O)c1. The summed E-state index contributed by atoms with van der Waals surface area (Å²) in [6.07, 6.45) is 0.255. The molecule has 1 spiro atoms. The number of nitrogens with zero attached hydrogens (tertiary/aromatic N) is 1. The molecule has 33 heavy (non-hydrogen) atoms. The van der Waals surface area contributed by atoms with Crippen LogP contribution in [-0.2, 0) is 24.7 Å². The van der Waals surface area contributed by atoms with Gasteiger partial charge in [-0.05, 0) is 49.6 Å². The number of halogens is 1. The second-order valence-electron chi connectivity index (χ2n) is 8.97. The number of imide groups is 1. The van der Waals surface area contributed by atoms with E-state index in [1.165, 1.54) is 4.90 Å². The maximum absolute atomic E-state index is 13.8. The van der Waals surface area contributed by atoms with Crippen molar-refractivity contribution >= 4 is 46.6 Å². The molecule has 2 saturated heterocycles. The van der Waals surface area contributed by atoms with E-state index in [2.05, 4.69) is 10.6 Å². The number of hydrogen-bond acceptors (Lipinski definition) is 5. The maximum Gasteiger partial charge on any atom is 0.250 e. The highest BCUT2D eigenvalue weighted by Gasteiger charge is 2.70. The van der Waals surface area contributed by atoms with E-state index in [4.69, 9.17) is 17.3 Å². The Hall–Kier alpha value is -3.23. The zero-order chi connectivity index (χ0) is 23.7. The van der Waals surface area contributed by atoms with Crippen molar-refractivity contribution in [3.8, 4) is 0 Å². The predicted molar refractivity (Wildman–Crippen MR) is 123 cm³/mol. The molecule has 0 aromatic heterocycles. The Kier molecular flexibility index (Phi) is 4.84. The zero-order valence-corrected chi connectivity index (χ0v) is 18.9. The van der Waals surface area contributed by atoms with Crippen molar-refractivity contribution in [1.29, 1.82) is 0 Å². The number of anilines is 2. The number of fused-ring (bicyclic) bond motifs is 4. The third-order valence-corrected chi connectivity index (χ3v) is 7.46. The number of primary amides is 1. The molecule has 0 saturated carbocycles. The van der Waals surface area contributed by atoms with Gasteiger partial charge in [0, 0.05) is 23.0 Å². The van der Waals surface area contributed by atoms with Gasteiger partial charge in [0.15, 0.2) is 0 Å². The molecule has 3 aliphatic heterocycles. The number of nitrogens with two attached hydrogens (primary N) is 1. The molecule has 2 aromatic rings. The molecule has 3 heterocycles. The first-order valence-electron chi connectivity index (χ1n) is 10.8. The van der Waals surface area contributed by atoms with Crippen LogP contribution in [0.5, 0.6) is 0 Å². The molecule has 170 valence electrons. The van der Waals surface area contributed by atoms with Gasteiger partial charge in [0.1, 0.15) is 5.54 Å². The lowest BCUT2D eigenvalue weighted by molar-refractivity contribution is -0.130. The average molecular weight is 467 g/mol. The van der Waals surface area contributed by atoms with Gasteiger partial charge in [-0.3, -0.25) is 24.5 Å². The number of aryl methyl sites for hydroxylation is 1. The molecule has 2 aromatic carbocycles. The van der Waals surface area contributed by atoms with Crippen LogP contribution in [0.15, 0.2) is 36.4 Å². The van der Waals surface area contributed by atoms with Crippen LogP contribution in [0, 0.1) is 25.7 Å². The predicted octanol–water partition coefficient (Wildman–Crippen LogP) is 2.15. The summed E-state index contributed by atoms with van der Waals surface area (Å²) in [5.74, 6) is -3.54. The van der Waals surface area contributed by atoms with Gasteiger partial charge in [0.25, 0.3) is 0 Å². The van der Waals surface area contributed by atoms with Gasteiger partial charge in [0.2, 0.25) is 23.6 Å². The second-order valence-corrected chi connectivity index (χ2v) is 9.37. The average Bonchev–Trinajstić information content (AvgIpc) is 3.34. The largest absolute Gasteiger partial charge is 0.370 e. The summed E-state index contributed by atoms with van der Waals surface area (Å²) in [5, 5.41) is 6.65. The summed E-state index contributed by atoms with van der Waals surface area (Å²) in [6, 6.07) is 9.95. The monoisotopic (exact) mass is 466 g/mol. The van der Waals surface area contributed by atoms with Gasteiger partial charge in [-0.2, -0.15) is 0 Å². The van der Waals surface area contributed by atoms with Crippen molar-refractivity contribution in [2.45, 2.75) is 38.3 Å². The second kappa shape index (κ2) is 7.40. The first-order valence-corrected chi connectivity index (χ1v) is 11.2. The van der Waals surface area contributed by atoms with Crippen LogP contribution in [-0.4, -0.2) is 29.7 Å². The standard InChI is InChI=1S/C24H23ClN4O4/c1-11-4-3-5-13(10-11)29-21(31)18-16(8-9-17(26)30)28-24(19(18)22(29)32)14-6-7-15(25)12(2)20(14)27-23(24)33/h3-7,10,16,18-19,28H,8-9H2,1-2H3,(H2,26,30)(H,27,33)/t16?,18-,19+,24?/m1/s1. The quantitative estimate of drug-likeness (QED) is 0.596. The summed E-state index contributed by atoms with van der Waals surface area (Å²) in [7, 11) is 0. The molecule has 5 rings (SSSR count). The Balaban J connectivity index is 1.67. The summed E-state index contributed by atoms with van der Waals surface area (Å²) in [6.45, 7) is 3.67. The van der Waals surface area contributed by atoms with Crippen LogP contribution >= 0.6 is 11.6 Å². The van der Waals surface area contributed by atoms with E-state index in [-0.39, 0.29) is 18.7 Å². The lowest BCUT2D eigenvalue weighted by Gasteiger charge is -2.29. The fourth-order valence-electron chi connectivity index (χ4n) is 5.56. The minimum atomic E-state index is -1.44. The lowest BCUT2D eigenvalue weighted by atomic mass is 9.76. The molecule has 4 N–H and O–H groups in total. The van der Waals surface area contributed by atoms with Crippen LogP contribution in [0.2, 0.25) is 5.02 Å². The fourth-order valence-corrected chi connectivity index (χ4v) is 5.71. The Morgan fingerprint density at radius 1 is 1.15 bits per heavy atom. The Morgan fingerprint density at radius 3 is 2.61 bits per heavy atom. The van der Waals surface area contributed by atoms with Gasteiger partial charge in [0.05, 0.1) is 23.2 Å². The molecular formula is C24H23ClN4O4. The van der Waals surface area contributed by atoms with Crippen LogP contribution in [0.25, 0.3) is 0 Å². The van der Waals surface area contributed by atoms with Crippen molar-refractivity contribution in [2.24, 2.45) is 17.6 Å². The smallest absolute Gasteiger partial charge is 0.250 e. The normalized spacial score (nSPS) is 27.8. The number of benzene rings is 2. The van der Waals surface area contributed by atoms with Crippen LogP contribution in [0.1, 0.15) is 29.5 Å². The Labute approximate surface area is 195 Å². The first kappa shape index (κ1) is 21.6. The van der Waals surface area contributed by atoms with Crippen molar-refractivity contribution in [1.82, 2.24) is 5.32 Å². The van der Waals surface area contributed by atoms with Crippen molar-refractivity contribution < 1.29 is 19.2 Å². The van der Waals surface area contributed by atoms with E-state index in [9.17, 15) is 19.2 Å². The molecule has 8 nitrogen and oxygen atoms in total. The highest BCUT2D eigenvalue weighted by molar-refractivity contribution is 6.32. The number of hydrogen-bond donors (Lipinski definition) is 3. The topological polar surface area (TPSA) is 122 Å². The van der Waals surface area contributed by atoms with Crippen molar-refractivity contribution in [2.75, 3.05) is 10.2 Å². The van der Waals surface area contributed by atoms with Gasteiger partial charge < -0.3 is 11.1 Å². The third-order valence-electron chi connectivity index (χ3n) is 7.05. The van der Waals surface area contributed by atoms with Gasteiger partial charge in [-0.1, -0.05) is 29.8 Å². The van der Waals surface area contributed by atoms with E-state index < -0.39 is 41.1 Å². The van der Waals surface area contributed by atoms with E-state index in [1.807, 2.05) is 13.0 Å². The number of carbonyl (C=O) groups is 4. The molecule has 4 amide bonds. The van der Waals surface area contributed by atoms with E-state index in [1.54, 1.807) is 37.3 Å². The lowest BCUT2D eigenvalue weighted by Crippen LogP contribution is -2.53. The van der Waals surface area contributed by atoms with Gasteiger partial charge in [-0.15, -0.1) is 0 Å². The number of amides is 4. The highest BCUT2D eigenvalue weighted by Crippen LogP contribution is 2.55. The number of carbonyl (C=O) groups excluding carboxylic acids is 4. The van der Waals surface area contributed by atoms with Crippen molar-refractivity contribution in [3.63, 3.8) is 0 Å². The maximum atomic E-state index is 13.8. The number of rotatable bonds is 4. The molecule has 2 unspecified atom stereocenters. The minimum absolute atomic E-state index is 0.0248. The molecule has 3 aliphatic rings. The molecule has 0 aliphatic carbocycles.